The van der Waals surface area contributed by atoms with E-state index in [0.29, 0.717) is 18.2 Å². The summed E-state index contributed by atoms with van der Waals surface area (Å²) < 4.78 is 19.9. The van der Waals surface area contributed by atoms with E-state index in [-0.39, 0.29) is 17.0 Å². The molecule has 3 heteroatoms. The fourth-order valence-corrected chi connectivity index (χ4v) is 2.07. The van der Waals surface area contributed by atoms with Crippen LogP contribution in [0.4, 0.5) is 10.1 Å². The van der Waals surface area contributed by atoms with Gasteiger partial charge in [-0.2, -0.15) is 0 Å². The van der Waals surface area contributed by atoms with Gasteiger partial charge in [-0.25, -0.2) is 4.39 Å². The third-order valence-corrected chi connectivity index (χ3v) is 3.73. The van der Waals surface area contributed by atoms with Crippen LogP contribution in [-0.2, 0) is 0 Å². The minimum Gasteiger partial charge on any atom is -0.488 e. The highest BCUT2D eigenvalue weighted by Crippen LogP contribution is 2.43. The summed E-state index contributed by atoms with van der Waals surface area (Å²) >= 11 is 0. The number of benzene rings is 1. The highest BCUT2D eigenvalue weighted by molar-refractivity contribution is 5.81. The van der Waals surface area contributed by atoms with Gasteiger partial charge in [0.05, 0.1) is 6.61 Å². The Morgan fingerprint density at radius 2 is 2.10 bits per heavy atom. The molecule has 1 aromatic rings. The number of ether oxygens (including phenoxy) is 1. The molecule has 1 aromatic carbocycles. The fraction of sp³-hybridized carbons (Fsp3) is 0.500. The minimum atomic E-state index is -0.360. The normalized spacial score (nSPS) is 15.5. The average molecular weight is 289 g/mol. The zero-order valence-electron chi connectivity index (χ0n) is 13.4. The first-order valence-electron chi connectivity index (χ1n) is 7.48. The molecule has 2 nitrogen and oxygen atoms in total. The van der Waals surface area contributed by atoms with Gasteiger partial charge in [-0.3, -0.25) is 4.99 Å². The predicted molar refractivity (Wildman–Crippen MR) is 86.9 cm³/mol. The van der Waals surface area contributed by atoms with Gasteiger partial charge in [0, 0.05) is 11.8 Å². The average Bonchev–Trinajstić information content (AvgIpc) is 3.21. The lowest BCUT2D eigenvalue weighted by Gasteiger charge is -2.24. The van der Waals surface area contributed by atoms with Gasteiger partial charge in [0.25, 0.3) is 0 Å². The van der Waals surface area contributed by atoms with Crippen molar-refractivity contribution in [1.29, 1.82) is 0 Å². The first-order valence-corrected chi connectivity index (χ1v) is 7.48. The molecule has 1 saturated carbocycles. The van der Waals surface area contributed by atoms with Gasteiger partial charge in [0.2, 0.25) is 0 Å². The van der Waals surface area contributed by atoms with Crippen LogP contribution in [0.15, 0.2) is 23.7 Å². The summed E-state index contributed by atoms with van der Waals surface area (Å²) in [5.41, 5.74) is 2.23. The van der Waals surface area contributed by atoms with Crippen LogP contribution in [0.2, 0.25) is 0 Å². The van der Waals surface area contributed by atoms with Gasteiger partial charge in [-0.15, -0.1) is 0 Å². The second-order valence-corrected chi connectivity index (χ2v) is 6.64. The van der Waals surface area contributed by atoms with E-state index in [1.807, 2.05) is 6.92 Å². The number of aliphatic imine (C=N–C) groups is 1. The molecule has 0 aliphatic heterocycles. The monoisotopic (exact) mass is 289 g/mol. The highest BCUT2D eigenvalue weighted by Gasteiger charge is 2.26. The zero-order valence-corrected chi connectivity index (χ0v) is 13.4. The van der Waals surface area contributed by atoms with Crippen LogP contribution in [0.3, 0.4) is 0 Å². The smallest absolute Gasteiger partial charge is 0.181 e. The molecule has 0 amide bonds. The van der Waals surface area contributed by atoms with Crippen LogP contribution in [-0.4, -0.2) is 12.8 Å². The molecule has 0 radical (unpaired) electrons. The Hall–Kier alpha value is -1.64. The van der Waals surface area contributed by atoms with Crippen molar-refractivity contribution >= 4 is 17.5 Å². The van der Waals surface area contributed by atoms with E-state index < -0.39 is 0 Å². The number of halogens is 1. The molecule has 21 heavy (non-hydrogen) atoms. The number of hydrogen-bond donors (Lipinski definition) is 0. The molecule has 114 valence electrons. The zero-order chi connectivity index (χ0) is 15.6. The number of nitrogens with zero attached hydrogens (tertiary/aromatic N) is 1. The Balaban J connectivity index is 2.44. The van der Waals surface area contributed by atoms with Crippen LogP contribution >= 0.6 is 0 Å². The molecule has 0 saturated heterocycles. The molecule has 2 rings (SSSR count). The molecular formula is C18H24FNO. The molecule has 0 spiro atoms. The Morgan fingerprint density at radius 1 is 1.43 bits per heavy atom. The molecule has 0 bridgehead atoms. The van der Waals surface area contributed by atoms with E-state index in [1.54, 1.807) is 12.3 Å². The number of hydrogen-bond acceptors (Lipinski definition) is 2. The first kappa shape index (κ1) is 15.7. The van der Waals surface area contributed by atoms with Gasteiger partial charge < -0.3 is 4.74 Å². The molecule has 0 N–H and O–H groups in total. The largest absolute Gasteiger partial charge is 0.488 e. The van der Waals surface area contributed by atoms with Crippen LogP contribution in [0, 0.1) is 17.2 Å². The molecule has 1 aliphatic carbocycles. The Morgan fingerprint density at radius 3 is 2.62 bits per heavy atom. The van der Waals surface area contributed by atoms with Crippen LogP contribution in [0.1, 0.15) is 46.1 Å². The lowest BCUT2D eigenvalue weighted by molar-refractivity contribution is 0.286. The van der Waals surface area contributed by atoms with Crippen molar-refractivity contribution in [2.75, 3.05) is 6.61 Å². The summed E-state index contributed by atoms with van der Waals surface area (Å²) in [5.74, 6) is 0.460. The van der Waals surface area contributed by atoms with Crippen molar-refractivity contribution in [3.8, 4) is 5.75 Å². The highest BCUT2D eigenvalue weighted by atomic mass is 19.1. The van der Waals surface area contributed by atoms with Crippen LogP contribution in [0.25, 0.3) is 5.57 Å². The maximum atomic E-state index is 14.2. The topological polar surface area (TPSA) is 21.6 Å². The van der Waals surface area contributed by atoms with Crippen LogP contribution < -0.4 is 4.74 Å². The predicted octanol–water partition coefficient (Wildman–Crippen LogP) is 5.40. The molecule has 0 unspecified atom stereocenters. The summed E-state index contributed by atoms with van der Waals surface area (Å²) in [6.45, 7) is 12.8. The number of allylic oxidation sites excluding steroid dienone is 1. The van der Waals surface area contributed by atoms with Crippen LogP contribution in [0.5, 0.6) is 5.75 Å². The van der Waals surface area contributed by atoms with Crippen molar-refractivity contribution in [3.63, 3.8) is 0 Å². The second-order valence-electron chi connectivity index (χ2n) is 6.64. The van der Waals surface area contributed by atoms with Gasteiger partial charge in [-0.1, -0.05) is 27.4 Å². The van der Waals surface area contributed by atoms with E-state index >= 15 is 0 Å². The van der Waals surface area contributed by atoms with Gasteiger partial charge in [0.1, 0.15) is 5.69 Å². The van der Waals surface area contributed by atoms with E-state index in [9.17, 15) is 4.39 Å². The van der Waals surface area contributed by atoms with Crippen molar-refractivity contribution < 1.29 is 9.13 Å². The molecule has 1 aliphatic rings. The van der Waals surface area contributed by atoms with Crippen molar-refractivity contribution in [1.82, 2.24) is 0 Å². The maximum Gasteiger partial charge on any atom is 0.181 e. The summed E-state index contributed by atoms with van der Waals surface area (Å²) in [6.07, 6.45) is 4.00. The van der Waals surface area contributed by atoms with E-state index in [0.717, 1.165) is 11.1 Å². The summed E-state index contributed by atoms with van der Waals surface area (Å²) in [4.78, 5) is 4.35. The van der Waals surface area contributed by atoms with Crippen molar-refractivity contribution in [3.05, 3.63) is 30.1 Å². The van der Waals surface area contributed by atoms with Crippen molar-refractivity contribution in [2.45, 2.75) is 40.5 Å². The summed E-state index contributed by atoms with van der Waals surface area (Å²) in [7, 11) is 0. The van der Waals surface area contributed by atoms with E-state index in [2.05, 4.69) is 32.3 Å². The third-order valence-electron chi connectivity index (χ3n) is 3.73. The molecule has 0 heterocycles. The standard InChI is InChI=1S/C18H24FNO/c1-6-20-16-14(12(2)18(3,4)5)9-10-15(19)17(16)21-11-13-7-8-13/h6,9-10,13H,2,7-8,11H2,1,3-5H3. The van der Waals surface area contributed by atoms with E-state index in [4.69, 9.17) is 4.74 Å². The second kappa shape index (κ2) is 6.00. The molecule has 0 atom stereocenters. The quantitative estimate of drug-likeness (QED) is 0.665. The van der Waals surface area contributed by atoms with Gasteiger partial charge in [0.15, 0.2) is 11.6 Å². The molecule has 0 aromatic heterocycles. The lowest BCUT2D eigenvalue weighted by atomic mass is 9.82. The minimum absolute atomic E-state index is 0.108. The summed E-state index contributed by atoms with van der Waals surface area (Å²) in [6, 6.07) is 3.19. The van der Waals surface area contributed by atoms with Gasteiger partial charge in [-0.05, 0) is 48.8 Å². The Labute approximate surface area is 126 Å². The summed E-state index contributed by atoms with van der Waals surface area (Å²) in [5, 5.41) is 0. The first-order chi connectivity index (χ1) is 9.84. The molecular weight excluding hydrogens is 265 g/mol. The molecule has 1 fully saturated rings. The SMILES string of the molecule is C=C(c1ccc(F)c(OCC2CC2)c1N=CC)C(C)(C)C. The Kier molecular flexibility index (Phi) is 4.50. The number of rotatable bonds is 5. The van der Waals surface area contributed by atoms with Crippen molar-refractivity contribution in [2.24, 2.45) is 16.3 Å². The maximum absolute atomic E-state index is 14.2. The Bertz CT molecular complexity index is 565. The lowest BCUT2D eigenvalue weighted by Crippen LogP contribution is -2.09. The van der Waals surface area contributed by atoms with Gasteiger partial charge >= 0.3 is 0 Å². The third kappa shape index (κ3) is 3.72. The van der Waals surface area contributed by atoms with E-state index in [1.165, 1.54) is 18.9 Å². The fourth-order valence-electron chi connectivity index (χ4n) is 2.07.